The summed E-state index contributed by atoms with van der Waals surface area (Å²) in [6.07, 6.45) is 0.555. The largest absolute Gasteiger partial charge is 0.390 e. The van der Waals surface area contributed by atoms with Gasteiger partial charge in [-0.3, -0.25) is 0 Å². The lowest BCUT2D eigenvalue weighted by atomic mass is 9.95. The molecule has 0 aromatic heterocycles. The van der Waals surface area contributed by atoms with E-state index in [4.69, 9.17) is 0 Å². The van der Waals surface area contributed by atoms with Gasteiger partial charge in [0.15, 0.2) is 0 Å². The summed E-state index contributed by atoms with van der Waals surface area (Å²) in [5.41, 5.74) is 1.15. The van der Waals surface area contributed by atoms with Crippen LogP contribution in [0.2, 0.25) is 0 Å². The maximum Gasteiger partial charge on any atom is 0.123 e. The molecular formula is C13H21FO. The SMILES string of the molecule is CC.Cc1cc(F)ccc1CC(C)(C)O. The minimum atomic E-state index is -0.734. The van der Waals surface area contributed by atoms with Crippen LogP contribution in [0.5, 0.6) is 0 Å². The topological polar surface area (TPSA) is 20.2 Å². The Kier molecular flexibility index (Phi) is 5.51. The van der Waals surface area contributed by atoms with Crippen LogP contribution >= 0.6 is 0 Å². The van der Waals surface area contributed by atoms with Crippen molar-refractivity contribution in [3.8, 4) is 0 Å². The summed E-state index contributed by atoms with van der Waals surface area (Å²) in [5.74, 6) is -0.225. The summed E-state index contributed by atoms with van der Waals surface area (Å²) < 4.78 is 12.7. The van der Waals surface area contributed by atoms with E-state index < -0.39 is 5.60 Å². The zero-order chi connectivity index (χ0) is 12.1. The second kappa shape index (κ2) is 5.86. The first kappa shape index (κ1) is 14.1. The maximum atomic E-state index is 12.7. The standard InChI is InChI=1S/C11H15FO.C2H6/c1-8-6-10(12)5-4-9(8)7-11(2,3)13;1-2/h4-6,13H,7H2,1-3H3;1-2H3. The first-order valence-corrected chi connectivity index (χ1v) is 5.36. The molecule has 1 nitrogen and oxygen atoms in total. The van der Waals surface area contributed by atoms with Crippen LogP contribution in [0.25, 0.3) is 0 Å². The van der Waals surface area contributed by atoms with E-state index in [-0.39, 0.29) is 5.82 Å². The molecule has 0 atom stereocenters. The molecule has 0 saturated heterocycles. The van der Waals surface area contributed by atoms with Gasteiger partial charge in [-0.25, -0.2) is 4.39 Å². The normalized spacial score (nSPS) is 10.6. The smallest absolute Gasteiger partial charge is 0.123 e. The zero-order valence-corrected chi connectivity index (χ0v) is 10.3. The van der Waals surface area contributed by atoms with Crippen LogP contribution in [0.1, 0.15) is 38.8 Å². The van der Waals surface area contributed by atoms with Crippen molar-refractivity contribution in [3.63, 3.8) is 0 Å². The number of benzene rings is 1. The molecule has 0 fully saturated rings. The molecule has 2 heteroatoms. The molecule has 1 aromatic rings. The molecule has 0 spiro atoms. The van der Waals surface area contributed by atoms with E-state index in [1.807, 2.05) is 20.8 Å². The molecule has 1 aromatic carbocycles. The van der Waals surface area contributed by atoms with Crippen molar-refractivity contribution in [2.24, 2.45) is 0 Å². The number of hydrogen-bond acceptors (Lipinski definition) is 1. The van der Waals surface area contributed by atoms with E-state index in [2.05, 4.69) is 0 Å². The first-order valence-electron chi connectivity index (χ1n) is 5.36. The molecule has 15 heavy (non-hydrogen) atoms. The molecule has 1 N–H and O–H groups in total. The van der Waals surface area contributed by atoms with Gasteiger partial charge < -0.3 is 5.11 Å². The van der Waals surface area contributed by atoms with Gasteiger partial charge in [-0.1, -0.05) is 19.9 Å². The summed E-state index contributed by atoms with van der Waals surface area (Å²) in [6.45, 7) is 9.34. The average molecular weight is 212 g/mol. The molecule has 0 aliphatic carbocycles. The van der Waals surface area contributed by atoms with Gasteiger partial charge in [-0.05, 0) is 44.0 Å². The predicted molar refractivity (Wildman–Crippen MR) is 62.5 cm³/mol. The van der Waals surface area contributed by atoms with E-state index >= 15 is 0 Å². The quantitative estimate of drug-likeness (QED) is 0.795. The number of rotatable bonds is 2. The van der Waals surface area contributed by atoms with Crippen LogP contribution in [0.4, 0.5) is 4.39 Å². The monoisotopic (exact) mass is 212 g/mol. The van der Waals surface area contributed by atoms with Crippen LogP contribution in [0.3, 0.4) is 0 Å². The summed E-state index contributed by atoms with van der Waals surface area (Å²) >= 11 is 0. The van der Waals surface area contributed by atoms with Crippen LogP contribution in [0.15, 0.2) is 18.2 Å². The van der Waals surface area contributed by atoms with Gasteiger partial charge >= 0.3 is 0 Å². The lowest BCUT2D eigenvalue weighted by Crippen LogP contribution is -2.22. The fourth-order valence-electron chi connectivity index (χ4n) is 1.32. The fourth-order valence-corrected chi connectivity index (χ4v) is 1.32. The minimum absolute atomic E-state index is 0.225. The summed E-state index contributed by atoms with van der Waals surface area (Å²) in [6, 6.07) is 4.64. The third-order valence-electron chi connectivity index (χ3n) is 1.93. The second-order valence-corrected chi connectivity index (χ2v) is 4.06. The Balaban J connectivity index is 0.000000921. The van der Waals surface area contributed by atoms with Gasteiger partial charge in [-0.2, -0.15) is 0 Å². The van der Waals surface area contributed by atoms with Crippen molar-refractivity contribution in [1.29, 1.82) is 0 Å². The Labute approximate surface area is 92.0 Å². The fraction of sp³-hybridized carbons (Fsp3) is 0.538. The van der Waals surface area contributed by atoms with Crippen LogP contribution in [0, 0.1) is 12.7 Å². The predicted octanol–water partition coefficient (Wildman–Crippen LogP) is 3.47. The van der Waals surface area contributed by atoms with E-state index in [1.54, 1.807) is 19.9 Å². The molecule has 0 aliphatic heterocycles. The van der Waals surface area contributed by atoms with Gasteiger partial charge in [0.1, 0.15) is 5.82 Å². The molecular weight excluding hydrogens is 191 g/mol. The Bertz CT molecular complexity index is 300. The molecule has 0 heterocycles. The number of aryl methyl sites for hydroxylation is 1. The highest BCUT2D eigenvalue weighted by Gasteiger charge is 2.14. The van der Waals surface area contributed by atoms with Crippen molar-refractivity contribution >= 4 is 0 Å². The molecule has 0 amide bonds. The third kappa shape index (κ3) is 5.53. The minimum Gasteiger partial charge on any atom is -0.390 e. The number of hydrogen-bond donors (Lipinski definition) is 1. The van der Waals surface area contributed by atoms with Crippen molar-refractivity contribution in [1.82, 2.24) is 0 Å². The Morgan fingerprint density at radius 2 is 1.80 bits per heavy atom. The molecule has 0 unspecified atom stereocenters. The molecule has 1 rings (SSSR count). The highest BCUT2D eigenvalue weighted by atomic mass is 19.1. The van der Waals surface area contributed by atoms with Crippen molar-refractivity contribution < 1.29 is 9.50 Å². The Morgan fingerprint density at radius 1 is 1.27 bits per heavy atom. The summed E-state index contributed by atoms with van der Waals surface area (Å²) in [7, 11) is 0. The number of halogens is 1. The van der Waals surface area contributed by atoms with Gasteiger partial charge in [0.05, 0.1) is 5.60 Å². The molecule has 0 bridgehead atoms. The number of aliphatic hydroxyl groups is 1. The van der Waals surface area contributed by atoms with Gasteiger partial charge in [0, 0.05) is 6.42 Å². The van der Waals surface area contributed by atoms with Gasteiger partial charge in [-0.15, -0.1) is 0 Å². The zero-order valence-electron chi connectivity index (χ0n) is 10.3. The van der Waals surface area contributed by atoms with E-state index in [0.717, 1.165) is 11.1 Å². The molecule has 0 aliphatic rings. The van der Waals surface area contributed by atoms with Gasteiger partial charge in [0.25, 0.3) is 0 Å². The summed E-state index contributed by atoms with van der Waals surface area (Å²) in [4.78, 5) is 0. The van der Waals surface area contributed by atoms with E-state index in [0.29, 0.717) is 6.42 Å². The lowest BCUT2D eigenvalue weighted by Gasteiger charge is -2.18. The Hall–Kier alpha value is -0.890. The van der Waals surface area contributed by atoms with Crippen LogP contribution in [-0.2, 0) is 6.42 Å². The van der Waals surface area contributed by atoms with Crippen molar-refractivity contribution in [2.75, 3.05) is 0 Å². The van der Waals surface area contributed by atoms with E-state index in [9.17, 15) is 9.50 Å². The van der Waals surface area contributed by atoms with Crippen molar-refractivity contribution in [2.45, 2.75) is 46.6 Å². The second-order valence-electron chi connectivity index (χ2n) is 4.06. The highest BCUT2D eigenvalue weighted by molar-refractivity contribution is 5.27. The molecule has 0 saturated carbocycles. The third-order valence-corrected chi connectivity index (χ3v) is 1.93. The summed E-state index contributed by atoms with van der Waals surface area (Å²) in [5, 5.41) is 9.57. The van der Waals surface area contributed by atoms with Gasteiger partial charge in [0.2, 0.25) is 0 Å². The molecule has 0 radical (unpaired) electrons. The van der Waals surface area contributed by atoms with Crippen LogP contribution < -0.4 is 0 Å². The van der Waals surface area contributed by atoms with Crippen molar-refractivity contribution in [3.05, 3.63) is 35.1 Å². The van der Waals surface area contributed by atoms with E-state index in [1.165, 1.54) is 12.1 Å². The average Bonchev–Trinajstić information content (AvgIpc) is 2.12. The maximum absolute atomic E-state index is 12.7. The Morgan fingerprint density at radius 3 is 2.20 bits per heavy atom. The lowest BCUT2D eigenvalue weighted by molar-refractivity contribution is 0.0808. The highest BCUT2D eigenvalue weighted by Crippen LogP contribution is 2.16. The molecule has 86 valence electrons. The first-order chi connectivity index (χ1) is 6.88. The van der Waals surface area contributed by atoms with Crippen LogP contribution in [-0.4, -0.2) is 10.7 Å².